The Balaban J connectivity index is 2.83. The van der Waals surface area contributed by atoms with Crippen LogP contribution in [-0.4, -0.2) is 24.7 Å². The molecule has 0 saturated heterocycles. The summed E-state index contributed by atoms with van der Waals surface area (Å²) in [7, 11) is 0.446. The zero-order valence-electron chi connectivity index (χ0n) is 9.57. The van der Waals surface area contributed by atoms with E-state index in [9.17, 15) is 4.21 Å². The molecule has 1 aromatic rings. The third kappa shape index (κ3) is 3.71. The average Bonchev–Trinajstić information content (AvgIpc) is 2.25. The Morgan fingerprint density at radius 3 is 2.44 bits per heavy atom. The molecule has 0 fully saturated rings. The Morgan fingerprint density at radius 2 is 1.94 bits per heavy atom. The topological polar surface area (TPSA) is 71.4 Å². The van der Waals surface area contributed by atoms with Crippen LogP contribution in [-0.2, 0) is 16.5 Å². The van der Waals surface area contributed by atoms with Gasteiger partial charge in [0.05, 0.1) is 14.2 Å². The fraction of sp³-hybridized carbons (Fsp3) is 0.400. The molecule has 0 spiro atoms. The maximum absolute atomic E-state index is 11.1. The van der Waals surface area contributed by atoms with Crippen LogP contribution in [0.15, 0.2) is 18.2 Å². The molecule has 0 aliphatic carbocycles. The van der Waals surface area contributed by atoms with Gasteiger partial charge in [0.2, 0.25) is 0 Å². The van der Waals surface area contributed by atoms with Crippen LogP contribution in [0.1, 0.15) is 5.56 Å². The predicted molar refractivity (Wildman–Crippen MR) is 63.2 cm³/mol. The van der Waals surface area contributed by atoms with Crippen molar-refractivity contribution in [2.45, 2.75) is 6.54 Å². The molecule has 6 heteroatoms. The van der Waals surface area contributed by atoms with E-state index in [1.807, 2.05) is 6.07 Å². The highest BCUT2D eigenvalue weighted by molar-refractivity contribution is 7.89. The number of ether oxygens (including phenoxy) is 2. The molecular weight excluding hydrogens is 228 g/mol. The van der Waals surface area contributed by atoms with Crippen molar-refractivity contribution in [3.63, 3.8) is 0 Å². The van der Waals surface area contributed by atoms with E-state index in [4.69, 9.17) is 14.3 Å². The number of hydrogen-bond donors (Lipinski definition) is 2. The van der Waals surface area contributed by atoms with E-state index < -0.39 is 9.92 Å². The molecule has 2 N–H and O–H groups in total. The van der Waals surface area contributed by atoms with Crippen LogP contribution < -0.4 is 14.2 Å². The summed E-state index contributed by atoms with van der Waals surface area (Å²) in [5.74, 6) is 1.27. The zero-order chi connectivity index (χ0) is 12.2. The van der Waals surface area contributed by atoms with Gasteiger partial charge >= 0.3 is 0 Å². The van der Waals surface area contributed by atoms with E-state index in [1.165, 1.54) is 6.26 Å². The summed E-state index contributed by atoms with van der Waals surface area (Å²) in [5.41, 5.74) is 0.888. The van der Waals surface area contributed by atoms with Crippen molar-refractivity contribution in [1.82, 2.24) is 4.72 Å². The lowest BCUT2D eigenvalue weighted by Crippen LogP contribution is -2.19. The highest BCUT2D eigenvalue weighted by atomic mass is 32.2. The maximum atomic E-state index is 11.1. The first-order valence-corrected chi connectivity index (χ1v) is 6.62. The molecule has 0 amide bonds. The molecule has 90 valence electrons. The summed E-state index contributed by atoms with van der Waals surface area (Å²) >= 11 is 0. The van der Waals surface area contributed by atoms with E-state index >= 15 is 0 Å². The smallest absolute Gasteiger partial charge is 0.161 e. The van der Waals surface area contributed by atoms with E-state index in [1.54, 1.807) is 26.4 Å². The van der Waals surface area contributed by atoms with Gasteiger partial charge in [0.15, 0.2) is 11.5 Å². The van der Waals surface area contributed by atoms with Crippen LogP contribution in [0.4, 0.5) is 0 Å². The predicted octanol–water partition coefficient (Wildman–Crippen LogP) is 1.38. The van der Waals surface area contributed by atoms with Gasteiger partial charge in [0, 0.05) is 12.8 Å². The SMILES string of the molecule is COc1ccc(CNS(C)(=N)=O)cc1OC. The molecule has 0 saturated carbocycles. The van der Waals surface area contributed by atoms with Gasteiger partial charge in [-0.15, -0.1) is 0 Å². The van der Waals surface area contributed by atoms with Crippen molar-refractivity contribution in [1.29, 1.82) is 4.78 Å². The fourth-order valence-electron chi connectivity index (χ4n) is 1.21. The van der Waals surface area contributed by atoms with Crippen LogP contribution in [0.25, 0.3) is 0 Å². The molecule has 0 aliphatic rings. The van der Waals surface area contributed by atoms with Gasteiger partial charge in [-0.1, -0.05) is 6.07 Å². The van der Waals surface area contributed by atoms with Gasteiger partial charge in [-0.3, -0.25) is 0 Å². The fourth-order valence-corrected chi connectivity index (χ4v) is 1.65. The first-order chi connectivity index (χ1) is 7.46. The van der Waals surface area contributed by atoms with Crippen molar-refractivity contribution < 1.29 is 13.7 Å². The molecule has 5 nitrogen and oxygen atoms in total. The van der Waals surface area contributed by atoms with E-state index in [2.05, 4.69) is 4.72 Å². The normalized spacial score (nSPS) is 14.2. The van der Waals surface area contributed by atoms with E-state index in [0.717, 1.165) is 5.56 Å². The highest BCUT2D eigenvalue weighted by Crippen LogP contribution is 2.27. The quantitative estimate of drug-likeness (QED) is 0.822. The largest absolute Gasteiger partial charge is 0.493 e. The number of benzene rings is 1. The second kappa shape index (κ2) is 5.18. The third-order valence-electron chi connectivity index (χ3n) is 2.00. The van der Waals surface area contributed by atoms with Crippen molar-refractivity contribution in [3.8, 4) is 11.5 Å². The van der Waals surface area contributed by atoms with Crippen LogP contribution in [0.2, 0.25) is 0 Å². The molecule has 1 rings (SSSR count). The lowest BCUT2D eigenvalue weighted by molar-refractivity contribution is 0.354. The lowest BCUT2D eigenvalue weighted by Gasteiger charge is -2.10. The molecular formula is C10H16N2O3S. The first kappa shape index (κ1) is 12.8. The Labute approximate surface area is 95.9 Å². The Morgan fingerprint density at radius 1 is 1.31 bits per heavy atom. The maximum Gasteiger partial charge on any atom is 0.161 e. The van der Waals surface area contributed by atoms with Gasteiger partial charge in [0.1, 0.15) is 9.92 Å². The zero-order valence-corrected chi connectivity index (χ0v) is 10.4. The summed E-state index contributed by atoms with van der Waals surface area (Å²) in [5, 5.41) is 0. The Kier molecular flexibility index (Phi) is 4.14. The second-order valence-corrected chi connectivity index (χ2v) is 5.33. The second-order valence-electron chi connectivity index (χ2n) is 3.35. The molecule has 0 heterocycles. The number of hydrogen-bond acceptors (Lipinski definition) is 4. The van der Waals surface area contributed by atoms with Crippen LogP contribution >= 0.6 is 0 Å². The summed E-state index contributed by atoms with van der Waals surface area (Å²) in [6.45, 7) is 0.360. The van der Waals surface area contributed by atoms with Gasteiger partial charge in [-0.25, -0.2) is 13.7 Å². The van der Waals surface area contributed by atoms with Gasteiger partial charge in [-0.05, 0) is 17.7 Å². The standard InChI is InChI=1S/C10H16N2O3S/c1-14-9-5-4-8(6-10(9)15-2)7-12-16(3,11)13/h4-6H,7H2,1-3H3,(H2,11,12,13). The van der Waals surface area contributed by atoms with Gasteiger partial charge < -0.3 is 9.47 Å². The molecule has 1 aromatic carbocycles. The molecule has 1 unspecified atom stereocenters. The molecule has 0 radical (unpaired) electrons. The summed E-state index contributed by atoms with van der Waals surface area (Å²) < 4.78 is 31.2. The minimum atomic E-state index is -2.68. The first-order valence-electron chi connectivity index (χ1n) is 4.65. The molecule has 16 heavy (non-hydrogen) atoms. The van der Waals surface area contributed by atoms with E-state index in [0.29, 0.717) is 18.0 Å². The molecule has 0 aliphatic heterocycles. The molecule has 0 aromatic heterocycles. The summed E-state index contributed by atoms with van der Waals surface area (Å²) in [4.78, 5) is 0. The summed E-state index contributed by atoms with van der Waals surface area (Å²) in [6, 6.07) is 5.40. The average molecular weight is 244 g/mol. The molecule has 0 bridgehead atoms. The minimum Gasteiger partial charge on any atom is -0.493 e. The highest BCUT2D eigenvalue weighted by Gasteiger charge is 2.05. The van der Waals surface area contributed by atoms with Crippen molar-refractivity contribution >= 4 is 9.92 Å². The van der Waals surface area contributed by atoms with Gasteiger partial charge in [-0.2, -0.15) is 0 Å². The number of nitrogens with one attached hydrogen (secondary N) is 2. The number of rotatable bonds is 5. The Hall–Kier alpha value is -1.27. The van der Waals surface area contributed by atoms with Crippen molar-refractivity contribution in [2.75, 3.05) is 20.5 Å². The van der Waals surface area contributed by atoms with Crippen molar-refractivity contribution in [2.24, 2.45) is 0 Å². The van der Waals surface area contributed by atoms with E-state index in [-0.39, 0.29) is 0 Å². The lowest BCUT2D eigenvalue weighted by atomic mass is 10.2. The van der Waals surface area contributed by atoms with Gasteiger partial charge in [0.25, 0.3) is 0 Å². The Bertz CT molecular complexity index is 457. The van der Waals surface area contributed by atoms with Crippen LogP contribution in [0, 0.1) is 4.78 Å². The van der Waals surface area contributed by atoms with Crippen LogP contribution in [0.3, 0.4) is 0 Å². The minimum absolute atomic E-state index is 0.360. The number of methoxy groups -OCH3 is 2. The monoisotopic (exact) mass is 244 g/mol. The van der Waals surface area contributed by atoms with Crippen molar-refractivity contribution in [3.05, 3.63) is 23.8 Å². The van der Waals surface area contributed by atoms with Crippen LogP contribution in [0.5, 0.6) is 11.5 Å². The summed E-state index contributed by atoms with van der Waals surface area (Å²) in [6.07, 6.45) is 1.34. The molecule has 1 atom stereocenters. The third-order valence-corrected chi connectivity index (χ3v) is 2.69.